The lowest BCUT2D eigenvalue weighted by Gasteiger charge is -2.17. The number of aryl methyl sites for hydroxylation is 4. The van der Waals surface area contributed by atoms with Crippen molar-refractivity contribution in [3.8, 4) is 0 Å². The van der Waals surface area contributed by atoms with E-state index in [-0.39, 0.29) is 16.7 Å². The van der Waals surface area contributed by atoms with Crippen LogP contribution in [0.15, 0.2) is 54.6 Å². The van der Waals surface area contributed by atoms with E-state index in [2.05, 4.69) is 5.32 Å². The van der Waals surface area contributed by atoms with Crippen LogP contribution in [-0.4, -0.2) is 30.3 Å². The van der Waals surface area contributed by atoms with Crippen molar-refractivity contribution in [1.82, 2.24) is 0 Å². The SMILES string of the molecule is Cc1cc(C)cc(NC(=O)COC(=O)c2ccc3c(c2)C(=O)N(c2cc(C)ccc2C)C3=O)c1. The number of ether oxygens (including phenoxy) is 1. The third-order valence-corrected chi connectivity index (χ3v) is 5.57. The van der Waals surface area contributed by atoms with E-state index >= 15 is 0 Å². The molecule has 4 rings (SSSR count). The summed E-state index contributed by atoms with van der Waals surface area (Å²) in [6.07, 6.45) is 0. The largest absolute Gasteiger partial charge is 0.452 e. The van der Waals surface area contributed by atoms with Gasteiger partial charge >= 0.3 is 5.97 Å². The van der Waals surface area contributed by atoms with Gasteiger partial charge in [0.25, 0.3) is 17.7 Å². The highest BCUT2D eigenvalue weighted by atomic mass is 16.5. The summed E-state index contributed by atoms with van der Waals surface area (Å²) >= 11 is 0. The number of imide groups is 1. The summed E-state index contributed by atoms with van der Waals surface area (Å²) in [5.74, 6) is -2.19. The van der Waals surface area contributed by atoms with Gasteiger partial charge in [0.2, 0.25) is 0 Å². The molecule has 172 valence electrons. The van der Waals surface area contributed by atoms with E-state index in [0.29, 0.717) is 11.4 Å². The van der Waals surface area contributed by atoms with Gasteiger partial charge in [-0.05, 0) is 86.3 Å². The van der Waals surface area contributed by atoms with Gasteiger partial charge in [-0.25, -0.2) is 9.69 Å². The van der Waals surface area contributed by atoms with Crippen LogP contribution in [0, 0.1) is 27.7 Å². The molecule has 0 aromatic heterocycles. The summed E-state index contributed by atoms with van der Waals surface area (Å²) < 4.78 is 5.13. The third kappa shape index (κ3) is 4.45. The van der Waals surface area contributed by atoms with E-state index in [1.54, 1.807) is 6.07 Å². The zero-order chi connectivity index (χ0) is 24.6. The molecule has 0 unspecified atom stereocenters. The Labute approximate surface area is 197 Å². The van der Waals surface area contributed by atoms with Crippen LogP contribution in [0.25, 0.3) is 0 Å². The monoisotopic (exact) mass is 456 g/mol. The molecule has 1 N–H and O–H groups in total. The highest BCUT2D eigenvalue weighted by Crippen LogP contribution is 2.32. The number of benzene rings is 3. The minimum Gasteiger partial charge on any atom is -0.452 e. The van der Waals surface area contributed by atoms with Gasteiger partial charge in [-0.3, -0.25) is 14.4 Å². The standard InChI is InChI=1S/C27H24N2O5/c1-15-5-6-18(4)23(12-15)29-25(31)21-8-7-19(13-22(21)26(29)32)27(33)34-14-24(30)28-20-10-16(2)9-17(3)11-20/h5-13H,14H2,1-4H3,(H,28,30). The van der Waals surface area contributed by atoms with E-state index in [9.17, 15) is 19.2 Å². The molecule has 3 aromatic rings. The van der Waals surface area contributed by atoms with Crippen molar-refractivity contribution in [2.75, 3.05) is 16.8 Å². The minimum atomic E-state index is -0.760. The summed E-state index contributed by atoms with van der Waals surface area (Å²) in [6.45, 7) is 7.06. The van der Waals surface area contributed by atoms with Gasteiger partial charge in [0.15, 0.2) is 6.61 Å². The average molecular weight is 456 g/mol. The Hall–Kier alpha value is -4.26. The van der Waals surface area contributed by atoms with Gasteiger partial charge in [-0.15, -0.1) is 0 Å². The summed E-state index contributed by atoms with van der Waals surface area (Å²) in [5.41, 5.74) is 5.26. The van der Waals surface area contributed by atoms with Crippen LogP contribution in [0.4, 0.5) is 11.4 Å². The molecule has 0 radical (unpaired) electrons. The fourth-order valence-corrected chi connectivity index (χ4v) is 4.01. The fourth-order valence-electron chi connectivity index (χ4n) is 4.01. The maximum atomic E-state index is 13.1. The van der Waals surface area contributed by atoms with Gasteiger partial charge in [0.1, 0.15) is 0 Å². The second-order valence-corrected chi connectivity index (χ2v) is 8.50. The number of anilines is 2. The van der Waals surface area contributed by atoms with Gasteiger partial charge < -0.3 is 10.1 Å². The predicted molar refractivity (Wildman–Crippen MR) is 128 cm³/mol. The van der Waals surface area contributed by atoms with E-state index in [1.165, 1.54) is 18.2 Å². The number of nitrogens with zero attached hydrogens (tertiary/aromatic N) is 1. The molecule has 0 fully saturated rings. The molecular formula is C27H24N2O5. The van der Waals surface area contributed by atoms with Gasteiger partial charge in [-0.1, -0.05) is 18.2 Å². The van der Waals surface area contributed by atoms with Crippen LogP contribution in [0.2, 0.25) is 0 Å². The Balaban J connectivity index is 1.47. The number of amides is 3. The molecule has 0 atom stereocenters. The quantitative estimate of drug-likeness (QED) is 0.450. The Morgan fingerprint density at radius 2 is 1.47 bits per heavy atom. The zero-order valence-corrected chi connectivity index (χ0v) is 19.4. The number of carbonyl (C=O) groups excluding carboxylic acids is 4. The molecule has 1 aliphatic heterocycles. The summed E-state index contributed by atoms with van der Waals surface area (Å²) in [6, 6.07) is 15.3. The highest BCUT2D eigenvalue weighted by molar-refractivity contribution is 6.35. The average Bonchev–Trinajstić information content (AvgIpc) is 3.02. The first-order valence-electron chi connectivity index (χ1n) is 10.8. The zero-order valence-electron chi connectivity index (χ0n) is 19.4. The number of nitrogens with one attached hydrogen (secondary N) is 1. The highest BCUT2D eigenvalue weighted by Gasteiger charge is 2.38. The van der Waals surface area contributed by atoms with Crippen LogP contribution < -0.4 is 10.2 Å². The topological polar surface area (TPSA) is 92.8 Å². The molecule has 0 saturated heterocycles. The molecule has 3 amide bonds. The molecule has 0 bridgehead atoms. The van der Waals surface area contributed by atoms with Crippen LogP contribution in [0.3, 0.4) is 0 Å². The van der Waals surface area contributed by atoms with Crippen molar-refractivity contribution in [3.63, 3.8) is 0 Å². The molecule has 1 aliphatic rings. The van der Waals surface area contributed by atoms with Crippen molar-refractivity contribution in [2.24, 2.45) is 0 Å². The van der Waals surface area contributed by atoms with E-state index in [0.717, 1.165) is 27.2 Å². The fraction of sp³-hybridized carbons (Fsp3) is 0.185. The lowest BCUT2D eigenvalue weighted by Crippen LogP contribution is -2.30. The van der Waals surface area contributed by atoms with Crippen molar-refractivity contribution in [2.45, 2.75) is 27.7 Å². The predicted octanol–water partition coefficient (Wildman–Crippen LogP) is 4.52. The maximum Gasteiger partial charge on any atom is 0.338 e. The molecule has 0 saturated carbocycles. The minimum absolute atomic E-state index is 0.0851. The van der Waals surface area contributed by atoms with Crippen molar-refractivity contribution in [1.29, 1.82) is 0 Å². The molecule has 34 heavy (non-hydrogen) atoms. The van der Waals surface area contributed by atoms with Crippen LogP contribution in [-0.2, 0) is 9.53 Å². The normalized spacial score (nSPS) is 12.5. The van der Waals surface area contributed by atoms with E-state index in [1.807, 2.05) is 58.0 Å². The number of esters is 1. The summed E-state index contributed by atoms with van der Waals surface area (Å²) in [5, 5.41) is 2.70. The molecule has 3 aromatic carbocycles. The summed E-state index contributed by atoms with van der Waals surface area (Å²) in [4.78, 5) is 51.9. The Morgan fingerprint density at radius 1 is 0.794 bits per heavy atom. The molecule has 0 aliphatic carbocycles. The number of hydrogen-bond acceptors (Lipinski definition) is 5. The van der Waals surface area contributed by atoms with Gasteiger partial charge in [0.05, 0.1) is 22.4 Å². The van der Waals surface area contributed by atoms with Crippen molar-refractivity contribution in [3.05, 3.63) is 93.5 Å². The molecular weight excluding hydrogens is 432 g/mol. The number of hydrogen-bond donors (Lipinski definition) is 1. The molecule has 1 heterocycles. The maximum absolute atomic E-state index is 13.1. The second-order valence-electron chi connectivity index (χ2n) is 8.50. The van der Waals surface area contributed by atoms with Crippen LogP contribution in [0.1, 0.15) is 53.3 Å². The molecule has 7 nitrogen and oxygen atoms in total. The Morgan fingerprint density at radius 3 is 2.18 bits per heavy atom. The number of carbonyl (C=O) groups is 4. The van der Waals surface area contributed by atoms with Gasteiger partial charge in [-0.2, -0.15) is 0 Å². The Bertz CT molecular complexity index is 1340. The van der Waals surface area contributed by atoms with E-state index in [4.69, 9.17) is 4.74 Å². The first kappa shape index (κ1) is 22.9. The van der Waals surface area contributed by atoms with Crippen LogP contribution >= 0.6 is 0 Å². The smallest absolute Gasteiger partial charge is 0.338 e. The lowest BCUT2D eigenvalue weighted by atomic mass is 10.1. The van der Waals surface area contributed by atoms with Crippen molar-refractivity contribution < 1.29 is 23.9 Å². The summed E-state index contributed by atoms with van der Waals surface area (Å²) in [7, 11) is 0. The second kappa shape index (κ2) is 8.94. The van der Waals surface area contributed by atoms with Gasteiger partial charge in [0, 0.05) is 5.69 Å². The van der Waals surface area contributed by atoms with Crippen LogP contribution in [0.5, 0.6) is 0 Å². The number of rotatable bonds is 5. The first-order chi connectivity index (χ1) is 16.1. The van der Waals surface area contributed by atoms with E-state index < -0.39 is 30.3 Å². The Kier molecular flexibility index (Phi) is 6.03. The molecule has 0 spiro atoms. The lowest BCUT2D eigenvalue weighted by molar-refractivity contribution is -0.119. The third-order valence-electron chi connectivity index (χ3n) is 5.57. The molecule has 7 heteroatoms. The number of fused-ring (bicyclic) bond motifs is 1. The first-order valence-corrected chi connectivity index (χ1v) is 10.8. The van der Waals surface area contributed by atoms with Crippen molar-refractivity contribution >= 4 is 35.1 Å².